The van der Waals surface area contributed by atoms with Gasteiger partial charge in [0.1, 0.15) is 5.82 Å². The zero-order valence-electron chi connectivity index (χ0n) is 15.2. The second-order valence-electron chi connectivity index (χ2n) is 6.70. The van der Waals surface area contributed by atoms with E-state index in [0.717, 1.165) is 44.2 Å². The highest BCUT2D eigenvalue weighted by atomic mass is 19.1. The first-order valence-corrected chi connectivity index (χ1v) is 8.98. The Balaban J connectivity index is 1.70. The van der Waals surface area contributed by atoms with Crippen molar-refractivity contribution in [2.45, 2.75) is 19.8 Å². The van der Waals surface area contributed by atoms with Crippen molar-refractivity contribution in [3.8, 4) is 5.69 Å². The summed E-state index contributed by atoms with van der Waals surface area (Å²) in [6.45, 7) is 8.70. The van der Waals surface area contributed by atoms with E-state index in [1.54, 1.807) is 23.0 Å². The van der Waals surface area contributed by atoms with Crippen molar-refractivity contribution < 1.29 is 13.9 Å². The van der Waals surface area contributed by atoms with Crippen molar-refractivity contribution in [2.24, 2.45) is 0 Å². The van der Waals surface area contributed by atoms with Gasteiger partial charge in [0, 0.05) is 26.2 Å². The number of morpholine rings is 1. The number of nitrogens with zero attached hydrogens (tertiary/aromatic N) is 3. The summed E-state index contributed by atoms with van der Waals surface area (Å²) in [5.41, 5.74) is 2.12. The average Bonchev–Trinajstić information content (AvgIpc) is 3.08. The molecule has 1 fully saturated rings. The predicted octanol–water partition coefficient (Wildman–Crippen LogP) is 2.20. The van der Waals surface area contributed by atoms with Gasteiger partial charge in [-0.15, -0.1) is 0 Å². The molecule has 0 saturated carbocycles. The molecule has 7 heteroatoms. The van der Waals surface area contributed by atoms with E-state index in [0.29, 0.717) is 12.1 Å². The van der Waals surface area contributed by atoms with Crippen molar-refractivity contribution in [2.75, 3.05) is 39.4 Å². The third kappa shape index (κ3) is 4.28. The number of rotatable bonds is 6. The fraction of sp³-hybridized carbons (Fsp3) is 0.474. The lowest BCUT2D eigenvalue weighted by molar-refractivity contribution is 0.0383. The van der Waals surface area contributed by atoms with Crippen molar-refractivity contribution in [3.63, 3.8) is 0 Å². The highest BCUT2D eigenvalue weighted by Crippen LogP contribution is 2.23. The molecule has 1 aliphatic rings. The van der Waals surface area contributed by atoms with Gasteiger partial charge < -0.3 is 10.1 Å². The molecule has 1 saturated heterocycles. The van der Waals surface area contributed by atoms with Crippen molar-refractivity contribution in [1.29, 1.82) is 0 Å². The van der Waals surface area contributed by atoms with Gasteiger partial charge in [0.15, 0.2) is 0 Å². The van der Waals surface area contributed by atoms with Crippen LogP contribution in [0.5, 0.6) is 0 Å². The molecule has 1 aliphatic heterocycles. The molecule has 1 aromatic heterocycles. The van der Waals surface area contributed by atoms with Crippen molar-refractivity contribution in [3.05, 3.63) is 47.5 Å². The van der Waals surface area contributed by atoms with Crippen LogP contribution in [0.25, 0.3) is 5.69 Å². The molecule has 0 atom stereocenters. The normalized spacial score (nSPS) is 15.4. The second kappa shape index (κ2) is 8.42. The van der Waals surface area contributed by atoms with E-state index in [4.69, 9.17) is 4.74 Å². The predicted molar refractivity (Wildman–Crippen MR) is 97.2 cm³/mol. The smallest absolute Gasteiger partial charge is 0.254 e. The molecule has 0 unspecified atom stereocenters. The number of hydrogen-bond acceptors (Lipinski definition) is 4. The van der Waals surface area contributed by atoms with Crippen molar-refractivity contribution >= 4 is 5.91 Å². The van der Waals surface area contributed by atoms with E-state index in [2.05, 4.69) is 15.3 Å². The van der Waals surface area contributed by atoms with E-state index in [9.17, 15) is 9.18 Å². The number of benzene rings is 1. The molecule has 140 valence electrons. The molecule has 3 rings (SSSR count). The van der Waals surface area contributed by atoms with Crippen molar-refractivity contribution in [1.82, 2.24) is 20.0 Å². The quantitative estimate of drug-likeness (QED) is 0.858. The maximum Gasteiger partial charge on any atom is 0.254 e. The molecule has 6 nitrogen and oxygen atoms in total. The van der Waals surface area contributed by atoms with Gasteiger partial charge >= 0.3 is 0 Å². The van der Waals surface area contributed by atoms with Crippen LogP contribution in [0.15, 0.2) is 30.5 Å². The Hall–Kier alpha value is -2.25. The maximum absolute atomic E-state index is 13.2. The fourth-order valence-corrected chi connectivity index (χ4v) is 3.12. The third-order valence-electron chi connectivity index (χ3n) is 4.49. The summed E-state index contributed by atoms with van der Waals surface area (Å²) in [7, 11) is 0. The number of aromatic nitrogens is 2. The van der Waals surface area contributed by atoms with Crippen LogP contribution in [0, 0.1) is 5.82 Å². The molecule has 2 aromatic rings. The minimum absolute atomic E-state index is 0.0996. The van der Waals surface area contributed by atoms with Gasteiger partial charge in [-0.3, -0.25) is 9.69 Å². The van der Waals surface area contributed by atoms with Crippen LogP contribution in [0.4, 0.5) is 4.39 Å². The summed E-state index contributed by atoms with van der Waals surface area (Å²) in [5, 5.41) is 7.34. The number of amides is 1. The number of nitrogens with one attached hydrogen (secondary N) is 1. The van der Waals surface area contributed by atoms with Crippen LogP contribution in [0.1, 0.15) is 35.8 Å². The van der Waals surface area contributed by atoms with Gasteiger partial charge in [0.25, 0.3) is 5.91 Å². The highest BCUT2D eigenvalue weighted by molar-refractivity contribution is 5.95. The first-order chi connectivity index (χ1) is 12.6. The minimum atomic E-state index is -0.298. The molecular weight excluding hydrogens is 335 g/mol. The first-order valence-electron chi connectivity index (χ1n) is 8.98. The second-order valence-corrected chi connectivity index (χ2v) is 6.70. The zero-order valence-corrected chi connectivity index (χ0v) is 15.2. The summed E-state index contributed by atoms with van der Waals surface area (Å²) in [6.07, 6.45) is 1.59. The number of halogens is 1. The molecule has 0 radical (unpaired) electrons. The van der Waals surface area contributed by atoms with Crippen LogP contribution >= 0.6 is 0 Å². The number of hydrogen-bond donors (Lipinski definition) is 1. The zero-order chi connectivity index (χ0) is 18.5. The Morgan fingerprint density at radius 2 is 1.96 bits per heavy atom. The average molecular weight is 360 g/mol. The lowest BCUT2D eigenvalue weighted by Crippen LogP contribution is -2.41. The lowest BCUT2D eigenvalue weighted by atomic mass is 10.0. The van der Waals surface area contributed by atoms with Crippen LogP contribution < -0.4 is 5.32 Å². The van der Waals surface area contributed by atoms with Crippen LogP contribution in [-0.4, -0.2) is 60.0 Å². The van der Waals surface area contributed by atoms with Gasteiger partial charge in [-0.1, -0.05) is 13.8 Å². The summed E-state index contributed by atoms with van der Waals surface area (Å²) >= 11 is 0. The maximum atomic E-state index is 13.2. The fourth-order valence-electron chi connectivity index (χ4n) is 3.12. The Bertz CT molecular complexity index is 736. The van der Waals surface area contributed by atoms with Gasteiger partial charge in [0.2, 0.25) is 0 Å². The molecule has 0 aliphatic carbocycles. The standard InChI is InChI=1S/C19H25FN4O2/c1-14(2)18-17(13-22-24(18)16-5-3-15(20)4-6-16)19(25)21-7-8-23-9-11-26-12-10-23/h3-6,13-14H,7-12H2,1-2H3,(H,21,25). The van der Waals surface area contributed by atoms with E-state index in [-0.39, 0.29) is 17.6 Å². The summed E-state index contributed by atoms with van der Waals surface area (Å²) in [4.78, 5) is 14.9. The molecule has 1 N–H and O–H groups in total. The Labute approximate surface area is 152 Å². The van der Waals surface area contributed by atoms with Gasteiger partial charge in [0.05, 0.1) is 36.4 Å². The van der Waals surface area contributed by atoms with E-state index in [1.807, 2.05) is 13.8 Å². The van der Waals surface area contributed by atoms with Crippen LogP contribution in [0.2, 0.25) is 0 Å². The molecule has 26 heavy (non-hydrogen) atoms. The minimum Gasteiger partial charge on any atom is -0.379 e. The van der Waals surface area contributed by atoms with Gasteiger partial charge in [-0.05, 0) is 30.2 Å². The number of carbonyl (C=O) groups is 1. The van der Waals surface area contributed by atoms with Gasteiger partial charge in [-0.25, -0.2) is 9.07 Å². The Morgan fingerprint density at radius 1 is 1.27 bits per heavy atom. The molecule has 1 aromatic carbocycles. The largest absolute Gasteiger partial charge is 0.379 e. The molecule has 0 bridgehead atoms. The SMILES string of the molecule is CC(C)c1c(C(=O)NCCN2CCOCC2)cnn1-c1ccc(F)cc1. The van der Waals surface area contributed by atoms with E-state index in [1.165, 1.54) is 12.1 Å². The summed E-state index contributed by atoms with van der Waals surface area (Å²) < 4.78 is 20.2. The molecule has 1 amide bonds. The molecule has 0 spiro atoms. The van der Waals surface area contributed by atoms with Gasteiger partial charge in [-0.2, -0.15) is 5.10 Å². The Morgan fingerprint density at radius 3 is 2.62 bits per heavy atom. The number of ether oxygens (including phenoxy) is 1. The summed E-state index contributed by atoms with van der Waals surface area (Å²) in [5.74, 6) is -0.328. The van der Waals surface area contributed by atoms with E-state index >= 15 is 0 Å². The summed E-state index contributed by atoms with van der Waals surface area (Å²) in [6, 6.07) is 6.11. The topological polar surface area (TPSA) is 59.4 Å². The Kier molecular flexibility index (Phi) is 6.00. The highest BCUT2D eigenvalue weighted by Gasteiger charge is 2.21. The number of carbonyl (C=O) groups excluding carboxylic acids is 1. The van der Waals surface area contributed by atoms with E-state index < -0.39 is 0 Å². The molecular formula is C19H25FN4O2. The first kappa shape index (κ1) is 18.5. The molecule has 2 heterocycles. The monoisotopic (exact) mass is 360 g/mol. The third-order valence-corrected chi connectivity index (χ3v) is 4.49. The van der Waals surface area contributed by atoms with Crippen LogP contribution in [0.3, 0.4) is 0 Å². The lowest BCUT2D eigenvalue weighted by Gasteiger charge is -2.26. The van der Waals surface area contributed by atoms with Crippen LogP contribution in [-0.2, 0) is 4.74 Å².